The van der Waals surface area contributed by atoms with Crippen molar-refractivity contribution in [2.24, 2.45) is 5.73 Å². The zero-order valence-corrected chi connectivity index (χ0v) is 8.81. The maximum Gasteiger partial charge on any atom is 0.417 e. The van der Waals surface area contributed by atoms with E-state index in [-0.39, 0.29) is 22.9 Å². The van der Waals surface area contributed by atoms with E-state index < -0.39 is 11.7 Å². The maximum absolute atomic E-state index is 12.3. The van der Waals surface area contributed by atoms with Crippen molar-refractivity contribution in [2.45, 2.75) is 24.7 Å². The van der Waals surface area contributed by atoms with E-state index in [9.17, 15) is 13.2 Å². The van der Waals surface area contributed by atoms with Gasteiger partial charge in [-0.25, -0.2) is 4.98 Å². The van der Waals surface area contributed by atoms with Crippen LogP contribution in [-0.4, -0.2) is 17.1 Å². The molecule has 0 bridgehead atoms. The van der Waals surface area contributed by atoms with E-state index in [0.717, 1.165) is 18.7 Å². The number of pyridine rings is 1. The van der Waals surface area contributed by atoms with E-state index in [0.29, 0.717) is 0 Å². The minimum Gasteiger partial charge on any atom is -0.364 e. The lowest BCUT2D eigenvalue weighted by molar-refractivity contribution is -0.137. The van der Waals surface area contributed by atoms with E-state index in [4.69, 9.17) is 17.3 Å². The number of nitrogens with zero attached hydrogens (tertiary/aromatic N) is 1. The first kappa shape index (κ1) is 11.5. The molecule has 0 aliphatic heterocycles. The molecule has 0 saturated heterocycles. The number of nitrogens with two attached hydrogens (primary N) is 1. The van der Waals surface area contributed by atoms with Gasteiger partial charge in [0.15, 0.2) is 0 Å². The van der Waals surface area contributed by atoms with Gasteiger partial charge in [0.2, 0.25) is 0 Å². The largest absolute Gasteiger partial charge is 0.417 e. The second-order valence-corrected chi connectivity index (χ2v) is 4.11. The number of halogens is 4. The summed E-state index contributed by atoms with van der Waals surface area (Å²) in [6, 6.07) is 0.937. The smallest absolute Gasteiger partial charge is 0.364 e. The van der Waals surface area contributed by atoms with Crippen LogP contribution in [-0.2, 0) is 6.18 Å². The van der Waals surface area contributed by atoms with Crippen LogP contribution >= 0.6 is 11.6 Å². The number of hydrogen-bond donors (Lipinski definition) is 2. The molecule has 3 N–H and O–H groups in total. The molecule has 1 aromatic rings. The lowest BCUT2D eigenvalue weighted by atomic mass is 10.3. The fourth-order valence-corrected chi connectivity index (χ4v) is 1.48. The van der Waals surface area contributed by atoms with Gasteiger partial charge in [-0.05, 0) is 12.5 Å². The van der Waals surface area contributed by atoms with Crippen molar-refractivity contribution in [1.82, 2.24) is 4.98 Å². The molecule has 1 saturated carbocycles. The molecule has 1 aliphatic carbocycles. The van der Waals surface area contributed by atoms with Crippen LogP contribution in [0.5, 0.6) is 0 Å². The van der Waals surface area contributed by atoms with Gasteiger partial charge in [-0.15, -0.1) is 0 Å². The third-order valence-corrected chi connectivity index (χ3v) is 2.62. The molecule has 2 rings (SSSR count). The van der Waals surface area contributed by atoms with E-state index in [1.54, 1.807) is 0 Å². The molecule has 0 amide bonds. The number of alkyl halides is 3. The SMILES string of the molecule is NC1CC1Nc1ncc(C(F)(F)F)cc1Cl. The van der Waals surface area contributed by atoms with E-state index in [2.05, 4.69) is 10.3 Å². The molecule has 2 atom stereocenters. The van der Waals surface area contributed by atoms with Gasteiger partial charge in [0, 0.05) is 18.3 Å². The second kappa shape index (κ2) is 3.78. The molecule has 3 nitrogen and oxygen atoms in total. The molecule has 88 valence electrons. The average molecular weight is 252 g/mol. The number of rotatable bonds is 2. The Hall–Kier alpha value is -1.01. The summed E-state index contributed by atoms with van der Waals surface area (Å²) in [7, 11) is 0. The van der Waals surface area contributed by atoms with Gasteiger partial charge < -0.3 is 11.1 Å². The topological polar surface area (TPSA) is 50.9 Å². The Kier molecular flexibility index (Phi) is 2.71. The van der Waals surface area contributed by atoms with Crippen molar-refractivity contribution in [1.29, 1.82) is 0 Å². The highest BCUT2D eigenvalue weighted by Gasteiger charge is 2.35. The van der Waals surface area contributed by atoms with E-state index in [1.807, 2.05) is 0 Å². The molecule has 1 heterocycles. The Morgan fingerprint density at radius 3 is 2.56 bits per heavy atom. The summed E-state index contributed by atoms with van der Waals surface area (Å²) in [5, 5.41) is 2.83. The first-order valence-corrected chi connectivity index (χ1v) is 5.00. The van der Waals surface area contributed by atoms with Gasteiger partial charge in [0.1, 0.15) is 5.82 Å². The van der Waals surface area contributed by atoms with Gasteiger partial charge in [0.25, 0.3) is 0 Å². The van der Waals surface area contributed by atoms with Gasteiger partial charge in [0.05, 0.1) is 10.6 Å². The van der Waals surface area contributed by atoms with E-state index in [1.165, 1.54) is 0 Å². The number of nitrogens with one attached hydrogen (secondary N) is 1. The normalized spacial score (nSPS) is 24.3. The Morgan fingerprint density at radius 2 is 2.12 bits per heavy atom. The lowest BCUT2D eigenvalue weighted by Gasteiger charge is -2.10. The highest BCUT2D eigenvalue weighted by molar-refractivity contribution is 6.33. The molecule has 0 spiro atoms. The molecular weight excluding hydrogens is 243 g/mol. The van der Waals surface area contributed by atoms with Crippen molar-refractivity contribution in [3.63, 3.8) is 0 Å². The Labute approximate surface area is 94.8 Å². The van der Waals surface area contributed by atoms with Crippen molar-refractivity contribution in [2.75, 3.05) is 5.32 Å². The summed E-state index contributed by atoms with van der Waals surface area (Å²) >= 11 is 5.69. The van der Waals surface area contributed by atoms with Crippen molar-refractivity contribution in [3.8, 4) is 0 Å². The Morgan fingerprint density at radius 1 is 1.50 bits per heavy atom. The third-order valence-electron chi connectivity index (χ3n) is 2.33. The molecular formula is C9H9ClF3N3. The fraction of sp³-hybridized carbons (Fsp3) is 0.444. The minimum atomic E-state index is -4.43. The molecule has 7 heteroatoms. The molecule has 0 aromatic carbocycles. The predicted octanol–water partition coefficient (Wildman–Crippen LogP) is 2.27. The number of anilines is 1. The predicted molar refractivity (Wildman–Crippen MR) is 54.3 cm³/mol. The summed E-state index contributed by atoms with van der Waals surface area (Å²) < 4.78 is 36.9. The van der Waals surface area contributed by atoms with Crippen LogP contribution in [0, 0.1) is 0 Å². The van der Waals surface area contributed by atoms with E-state index >= 15 is 0 Å². The monoisotopic (exact) mass is 251 g/mol. The van der Waals surface area contributed by atoms with Crippen LogP contribution in [0.1, 0.15) is 12.0 Å². The number of hydrogen-bond acceptors (Lipinski definition) is 3. The van der Waals surface area contributed by atoms with Crippen LogP contribution in [0.2, 0.25) is 5.02 Å². The Balaban J connectivity index is 2.16. The van der Waals surface area contributed by atoms with Crippen molar-refractivity contribution >= 4 is 17.4 Å². The standard InChI is InChI=1S/C9H9ClF3N3/c10-5-1-4(9(11,12)13)3-15-8(5)16-7-2-6(7)14/h1,3,6-7H,2,14H2,(H,15,16). The first-order chi connectivity index (χ1) is 7.38. The lowest BCUT2D eigenvalue weighted by Crippen LogP contribution is -2.15. The molecule has 2 unspecified atom stereocenters. The highest BCUT2D eigenvalue weighted by atomic mass is 35.5. The Bertz CT molecular complexity index is 407. The van der Waals surface area contributed by atoms with Crippen molar-refractivity contribution in [3.05, 3.63) is 22.8 Å². The fourth-order valence-electron chi connectivity index (χ4n) is 1.26. The summed E-state index contributed by atoms with van der Waals surface area (Å²) in [6.45, 7) is 0. The molecule has 1 aromatic heterocycles. The number of aromatic nitrogens is 1. The molecule has 16 heavy (non-hydrogen) atoms. The van der Waals surface area contributed by atoms with Crippen LogP contribution in [0.25, 0.3) is 0 Å². The maximum atomic E-state index is 12.3. The zero-order valence-electron chi connectivity index (χ0n) is 8.05. The van der Waals surface area contributed by atoms with Gasteiger partial charge in [-0.1, -0.05) is 11.6 Å². The molecule has 1 aliphatic rings. The second-order valence-electron chi connectivity index (χ2n) is 3.70. The van der Waals surface area contributed by atoms with Crippen molar-refractivity contribution < 1.29 is 13.2 Å². The third kappa shape index (κ3) is 2.38. The summed E-state index contributed by atoms with van der Waals surface area (Å²) in [5.74, 6) is 0.243. The molecule has 1 fully saturated rings. The minimum absolute atomic E-state index is 0.0279. The first-order valence-electron chi connectivity index (χ1n) is 4.63. The van der Waals surface area contributed by atoms with Gasteiger partial charge in [-0.2, -0.15) is 13.2 Å². The highest BCUT2D eigenvalue weighted by Crippen LogP contribution is 2.33. The summed E-state index contributed by atoms with van der Waals surface area (Å²) in [4.78, 5) is 3.64. The van der Waals surface area contributed by atoms with Gasteiger partial charge >= 0.3 is 6.18 Å². The van der Waals surface area contributed by atoms with Crippen LogP contribution in [0.15, 0.2) is 12.3 Å². The van der Waals surface area contributed by atoms with Crippen LogP contribution in [0.4, 0.5) is 19.0 Å². The molecule has 0 radical (unpaired) electrons. The summed E-state index contributed by atoms with van der Waals surface area (Å²) in [5.41, 5.74) is 4.69. The van der Waals surface area contributed by atoms with Crippen LogP contribution < -0.4 is 11.1 Å². The average Bonchev–Trinajstić information content (AvgIpc) is 2.84. The quantitative estimate of drug-likeness (QED) is 0.848. The van der Waals surface area contributed by atoms with Crippen LogP contribution in [0.3, 0.4) is 0 Å². The zero-order chi connectivity index (χ0) is 11.9. The summed E-state index contributed by atoms with van der Waals surface area (Å²) in [6.07, 6.45) is -2.90. The van der Waals surface area contributed by atoms with Gasteiger partial charge in [-0.3, -0.25) is 0 Å².